The fourth-order valence-electron chi connectivity index (χ4n) is 3.30. The Labute approximate surface area is 238 Å². The van der Waals surface area contributed by atoms with Gasteiger partial charge in [0.15, 0.2) is 5.82 Å². The van der Waals surface area contributed by atoms with Crippen LogP contribution in [0, 0.1) is 6.92 Å². The van der Waals surface area contributed by atoms with E-state index in [1.165, 1.54) is 17.8 Å². The Hall–Kier alpha value is -4.05. The van der Waals surface area contributed by atoms with E-state index in [-0.39, 0.29) is 17.4 Å². The van der Waals surface area contributed by atoms with E-state index in [9.17, 15) is 14.4 Å². The van der Waals surface area contributed by atoms with E-state index in [4.69, 9.17) is 27.7 Å². The normalized spacial score (nSPS) is 11.1. The average molecular weight is 581 g/mol. The van der Waals surface area contributed by atoms with Crippen LogP contribution >= 0.6 is 35.0 Å². The van der Waals surface area contributed by atoms with Crippen molar-refractivity contribution < 1.29 is 18.9 Å². The highest BCUT2D eigenvalue weighted by molar-refractivity contribution is 8.00. The van der Waals surface area contributed by atoms with Crippen molar-refractivity contribution in [1.29, 1.82) is 0 Å². The molecule has 4 aromatic rings. The molecule has 0 spiro atoms. The van der Waals surface area contributed by atoms with E-state index in [0.29, 0.717) is 38.4 Å². The molecule has 1 heterocycles. The third-order valence-corrected chi connectivity index (χ3v) is 6.74. The number of hydrogen-bond acceptors (Lipinski definition) is 6. The van der Waals surface area contributed by atoms with Gasteiger partial charge in [0, 0.05) is 32.3 Å². The number of nitrogens with one attached hydrogen (secondary N) is 3. The van der Waals surface area contributed by atoms with Crippen LogP contribution in [0.1, 0.15) is 21.7 Å². The predicted octanol–water partition coefficient (Wildman–Crippen LogP) is 6.43. The summed E-state index contributed by atoms with van der Waals surface area (Å²) < 4.78 is 4.93. The molecule has 4 rings (SSSR count). The van der Waals surface area contributed by atoms with Crippen molar-refractivity contribution in [3.05, 3.63) is 111 Å². The van der Waals surface area contributed by atoms with E-state index < -0.39 is 11.8 Å². The fraction of sp³-hybridized carbons (Fsp3) is 0.0714. The number of aryl methyl sites for hydroxylation is 1. The van der Waals surface area contributed by atoms with E-state index >= 15 is 0 Å². The number of carbonyl (C=O) groups excluding carboxylic acids is 3. The summed E-state index contributed by atoms with van der Waals surface area (Å²) in [5.41, 5.74) is 1.38. The zero-order chi connectivity index (χ0) is 27.8. The Balaban J connectivity index is 1.43. The smallest absolute Gasteiger partial charge is 0.272 e. The lowest BCUT2D eigenvalue weighted by molar-refractivity contribution is -0.114. The van der Waals surface area contributed by atoms with Gasteiger partial charge in [0.2, 0.25) is 5.91 Å². The first-order valence-electron chi connectivity index (χ1n) is 11.6. The summed E-state index contributed by atoms with van der Waals surface area (Å²) in [6.07, 6.45) is 1.48. The van der Waals surface area contributed by atoms with E-state index in [1.54, 1.807) is 85.8 Å². The molecule has 198 valence electrons. The minimum absolute atomic E-state index is 0.00806. The SMILES string of the molecule is Cc1cc(NC(=O)CSc2ccc(NC(=O)/C(=C/c3ccc(Cl)cc3Cl)NC(=O)c3ccccc3)cc2)no1. The molecule has 11 heteroatoms. The van der Waals surface area contributed by atoms with Crippen molar-refractivity contribution >= 4 is 70.3 Å². The maximum absolute atomic E-state index is 13.2. The second-order valence-corrected chi connectivity index (χ2v) is 10.1. The van der Waals surface area contributed by atoms with Crippen LogP contribution in [-0.2, 0) is 9.59 Å². The Bertz CT molecular complexity index is 1520. The number of thioether (sulfide) groups is 1. The molecule has 0 radical (unpaired) electrons. The van der Waals surface area contributed by atoms with Gasteiger partial charge in [-0.15, -0.1) is 11.8 Å². The number of nitrogens with zero attached hydrogens (tertiary/aromatic N) is 1. The van der Waals surface area contributed by atoms with Gasteiger partial charge in [-0.1, -0.05) is 52.6 Å². The molecule has 3 aromatic carbocycles. The largest absolute Gasteiger partial charge is 0.360 e. The van der Waals surface area contributed by atoms with Crippen molar-refractivity contribution in [2.75, 3.05) is 16.4 Å². The van der Waals surface area contributed by atoms with Gasteiger partial charge >= 0.3 is 0 Å². The zero-order valence-electron chi connectivity index (χ0n) is 20.5. The molecule has 0 fully saturated rings. The van der Waals surface area contributed by atoms with Gasteiger partial charge in [-0.3, -0.25) is 14.4 Å². The summed E-state index contributed by atoms with van der Waals surface area (Å²) in [7, 11) is 0. The molecule has 1 aromatic heterocycles. The average Bonchev–Trinajstić information content (AvgIpc) is 3.33. The molecule has 0 aliphatic carbocycles. The Morgan fingerprint density at radius 3 is 2.36 bits per heavy atom. The van der Waals surface area contributed by atoms with Crippen molar-refractivity contribution in [2.45, 2.75) is 11.8 Å². The van der Waals surface area contributed by atoms with Crippen molar-refractivity contribution in [1.82, 2.24) is 10.5 Å². The van der Waals surface area contributed by atoms with Crippen molar-refractivity contribution in [2.24, 2.45) is 0 Å². The quantitative estimate of drug-likeness (QED) is 0.155. The van der Waals surface area contributed by atoms with Gasteiger partial charge in [-0.05, 0) is 67.1 Å². The lowest BCUT2D eigenvalue weighted by atomic mass is 10.1. The number of hydrogen-bond donors (Lipinski definition) is 3. The standard InChI is InChI=1S/C28H22Cl2N4O4S/c1-17-13-25(34-38-17)33-26(35)16-39-22-11-9-21(10-12-22)31-28(37)24(14-19-7-8-20(29)15-23(19)30)32-27(36)18-5-3-2-4-6-18/h2-15H,16H2,1H3,(H,31,37)(H,32,36)(H,33,34,35)/b24-14-. The lowest BCUT2D eigenvalue weighted by Crippen LogP contribution is -2.30. The molecule has 3 N–H and O–H groups in total. The molecule has 0 aliphatic rings. The first-order chi connectivity index (χ1) is 18.8. The topological polar surface area (TPSA) is 113 Å². The number of rotatable bonds is 9. The summed E-state index contributed by atoms with van der Waals surface area (Å²) in [5, 5.41) is 12.6. The molecule has 0 atom stereocenters. The number of amides is 3. The molecular formula is C28H22Cl2N4O4S. The summed E-state index contributed by atoms with van der Waals surface area (Å²) >= 11 is 13.6. The summed E-state index contributed by atoms with van der Waals surface area (Å²) in [5.74, 6) is -0.0992. The van der Waals surface area contributed by atoms with E-state index in [2.05, 4.69) is 21.1 Å². The number of anilines is 2. The van der Waals surface area contributed by atoms with Crippen molar-refractivity contribution in [3.63, 3.8) is 0 Å². The molecular weight excluding hydrogens is 559 g/mol. The summed E-state index contributed by atoms with van der Waals surface area (Å²) in [6, 6.07) is 21.9. The zero-order valence-corrected chi connectivity index (χ0v) is 22.9. The molecule has 3 amide bonds. The van der Waals surface area contributed by atoms with Crippen LogP contribution < -0.4 is 16.0 Å². The molecule has 0 aliphatic heterocycles. The number of aromatic nitrogens is 1. The predicted molar refractivity (Wildman–Crippen MR) is 154 cm³/mol. The minimum atomic E-state index is -0.548. The number of carbonyl (C=O) groups is 3. The van der Waals surface area contributed by atoms with Gasteiger partial charge in [0.25, 0.3) is 11.8 Å². The van der Waals surface area contributed by atoms with E-state index in [0.717, 1.165) is 4.90 Å². The maximum atomic E-state index is 13.2. The van der Waals surface area contributed by atoms with Gasteiger partial charge < -0.3 is 20.5 Å². The Morgan fingerprint density at radius 1 is 0.949 bits per heavy atom. The van der Waals surface area contributed by atoms with E-state index in [1.807, 2.05) is 0 Å². The maximum Gasteiger partial charge on any atom is 0.272 e. The third-order valence-electron chi connectivity index (χ3n) is 5.17. The van der Waals surface area contributed by atoms with Crippen LogP contribution in [0.15, 0.2) is 94.0 Å². The Kier molecular flexibility index (Phi) is 9.43. The van der Waals surface area contributed by atoms with Crippen LogP contribution in [0.5, 0.6) is 0 Å². The highest BCUT2D eigenvalue weighted by atomic mass is 35.5. The number of halogens is 2. The minimum Gasteiger partial charge on any atom is -0.360 e. The van der Waals surface area contributed by atoms with Crippen LogP contribution in [0.2, 0.25) is 10.0 Å². The van der Waals surface area contributed by atoms with Gasteiger partial charge in [0.1, 0.15) is 11.5 Å². The highest BCUT2D eigenvalue weighted by Gasteiger charge is 2.16. The summed E-state index contributed by atoms with van der Waals surface area (Å²) in [4.78, 5) is 39.0. The Morgan fingerprint density at radius 2 is 1.69 bits per heavy atom. The van der Waals surface area contributed by atoms with Gasteiger partial charge in [-0.2, -0.15) is 0 Å². The van der Waals surface area contributed by atoms with Crippen LogP contribution in [0.4, 0.5) is 11.5 Å². The second kappa shape index (κ2) is 13.1. The highest BCUT2D eigenvalue weighted by Crippen LogP contribution is 2.24. The fourth-order valence-corrected chi connectivity index (χ4v) is 4.46. The molecule has 0 saturated carbocycles. The first kappa shape index (κ1) is 28.0. The van der Waals surface area contributed by atoms with Crippen LogP contribution in [0.25, 0.3) is 6.08 Å². The van der Waals surface area contributed by atoms with Crippen LogP contribution in [0.3, 0.4) is 0 Å². The monoisotopic (exact) mass is 580 g/mol. The molecule has 0 bridgehead atoms. The van der Waals surface area contributed by atoms with Gasteiger partial charge in [0.05, 0.1) is 5.75 Å². The third kappa shape index (κ3) is 8.22. The summed E-state index contributed by atoms with van der Waals surface area (Å²) in [6.45, 7) is 1.74. The molecule has 0 unspecified atom stereocenters. The molecule has 39 heavy (non-hydrogen) atoms. The molecule has 0 saturated heterocycles. The number of benzene rings is 3. The van der Waals surface area contributed by atoms with Gasteiger partial charge in [-0.25, -0.2) is 0 Å². The second-order valence-electron chi connectivity index (χ2n) is 8.18. The van der Waals surface area contributed by atoms with Crippen LogP contribution in [-0.4, -0.2) is 28.6 Å². The first-order valence-corrected chi connectivity index (χ1v) is 13.3. The lowest BCUT2D eigenvalue weighted by Gasteiger charge is -2.12. The van der Waals surface area contributed by atoms with Crippen molar-refractivity contribution in [3.8, 4) is 0 Å². The molecule has 8 nitrogen and oxygen atoms in total.